The Hall–Kier alpha value is 0.140. The molecule has 0 atom stereocenters. The van der Waals surface area contributed by atoms with Crippen LogP contribution in [0.4, 0.5) is 0 Å². The van der Waals surface area contributed by atoms with Gasteiger partial charge in [-0.1, -0.05) is 0 Å². The van der Waals surface area contributed by atoms with E-state index < -0.39 is 0 Å². The molecular formula is C15H25BrIN3OS. The first-order valence-electron chi connectivity index (χ1n) is 7.49. The Morgan fingerprint density at radius 2 is 2.32 bits per heavy atom. The van der Waals surface area contributed by atoms with Crippen LogP contribution in [-0.2, 0) is 11.3 Å². The average molecular weight is 502 g/mol. The molecule has 0 saturated heterocycles. The van der Waals surface area contributed by atoms with Gasteiger partial charge in [0.15, 0.2) is 5.96 Å². The molecule has 0 aromatic carbocycles. The summed E-state index contributed by atoms with van der Waals surface area (Å²) in [5, 5.41) is 5.43. The largest absolute Gasteiger partial charge is 0.379 e. The van der Waals surface area contributed by atoms with Crippen LogP contribution in [0.2, 0.25) is 0 Å². The number of ether oxygens (including phenoxy) is 1. The summed E-state index contributed by atoms with van der Waals surface area (Å²) in [6.07, 6.45) is 2.69. The first kappa shape index (κ1) is 20.2. The molecule has 7 heteroatoms. The highest BCUT2D eigenvalue weighted by molar-refractivity contribution is 14.0. The molecule has 0 spiro atoms. The van der Waals surface area contributed by atoms with Crippen molar-refractivity contribution in [2.24, 2.45) is 10.9 Å². The van der Waals surface area contributed by atoms with Gasteiger partial charge in [0.05, 0.1) is 13.2 Å². The van der Waals surface area contributed by atoms with Crippen LogP contribution in [-0.4, -0.2) is 44.2 Å². The standard InChI is InChI=1S/C15H24BrN3OS.HI/c1-3-17-15(18-9-14-8-13(16)11-21-14)19(2)6-7-20-10-12-4-5-12;/h8,11-12H,3-7,9-10H2,1-2H3,(H,17,18);1H. The highest BCUT2D eigenvalue weighted by Gasteiger charge is 2.21. The number of thiophene rings is 1. The van der Waals surface area contributed by atoms with E-state index in [1.165, 1.54) is 17.7 Å². The summed E-state index contributed by atoms with van der Waals surface area (Å²) in [4.78, 5) is 8.09. The molecule has 1 aromatic heterocycles. The van der Waals surface area contributed by atoms with Crippen LogP contribution in [0.3, 0.4) is 0 Å². The molecular weight excluding hydrogens is 477 g/mol. The number of rotatable bonds is 8. The van der Waals surface area contributed by atoms with Gasteiger partial charge in [-0.05, 0) is 47.7 Å². The van der Waals surface area contributed by atoms with E-state index in [2.05, 4.69) is 56.6 Å². The Morgan fingerprint density at radius 1 is 1.55 bits per heavy atom. The van der Waals surface area contributed by atoms with Gasteiger partial charge in [-0.3, -0.25) is 0 Å². The van der Waals surface area contributed by atoms with Crippen LogP contribution in [0.1, 0.15) is 24.6 Å². The first-order chi connectivity index (χ1) is 10.2. The maximum atomic E-state index is 5.69. The molecule has 1 N–H and O–H groups in total. The van der Waals surface area contributed by atoms with E-state index >= 15 is 0 Å². The lowest BCUT2D eigenvalue weighted by Crippen LogP contribution is -2.40. The van der Waals surface area contributed by atoms with Gasteiger partial charge in [0.25, 0.3) is 0 Å². The summed E-state index contributed by atoms with van der Waals surface area (Å²) in [5.41, 5.74) is 0. The Labute approximate surface area is 162 Å². The van der Waals surface area contributed by atoms with Crippen LogP contribution < -0.4 is 5.32 Å². The van der Waals surface area contributed by atoms with Crippen molar-refractivity contribution in [3.63, 3.8) is 0 Å². The molecule has 1 aliphatic rings. The third kappa shape index (κ3) is 7.61. The minimum Gasteiger partial charge on any atom is -0.379 e. The zero-order valence-corrected chi connectivity index (χ0v) is 17.9. The van der Waals surface area contributed by atoms with E-state index in [0.717, 1.165) is 42.7 Å². The Kier molecular flexibility index (Phi) is 9.94. The first-order valence-corrected chi connectivity index (χ1v) is 9.16. The Bertz CT molecular complexity index is 465. The lowest BCUT2D eigenvalue weighted by Gasteiger charge is -2.21. The van der Waals surface area contributed by atoms with Gasteiger partial charge in [0, 0.05) is 41.5 Å². The van der Waals surface area contributed by atoms with Crippen molar-refractivity contribution < 1.29 is 4.74 Å². The Balaban J connectivity index is 0.00000242. The van der Waals surface area contributed by atoms with Crippen molar-refractivity contribution in [3.05, 3.63) is 20.8 Å². The summed E-state index contributed by atoms with van der Waals surface area (Å²) < 4.78 is 6.82. The van der Waals surface area contributed by atoms with Crippen LogP contribution in [0.25, 0.3) is 0 Å². The van der Waals surface area contributed by atoms with Gasteiger partial charge in [-0.15, -0.1) is 35.3 Å². The third-order valence-corrected chi connectivity index (χ3v) is 5.01. The van der Waals surface area contributed by atoms with Crippen molar-refractivity contribution in [2.75, 3.05) is 33.4 Å². The topological polar surface area (TPSA) is 36.9 Å². The number of halogens is 2. The molecule has 1 heterocycles. The molecule has 1 aromatic rings. The normalized spacial score (nSPS) is 14.6. The molecule has 0 aliphatic heterocycles. The monoisotopic (exact) mass is 501 g/mol. The molecule has 0 radical (unpaired) electrons. The summed E-state index contributed by atoms with van der Waals surface area (Å²) in [5.74, 6) is 1.77. The lowest BCUT2D eigenvalue weighted by atomic mass is 10.4. The fraction of sp³-hybridized carbons (Fsp3) is 0.667. The highest BCUT2D eigenvalue weighted by atomic mass is 127. The molecule has 22 heavy (non-hydrogen) atoms. The fourth-order valence-electron chi connectivity index (χ4n) is 1.90. The molecule has 126 valence electrons. The molecule has 0 unspecified atom stereocenters. The van der Waals surface area contributed by atoms with Crippen molar-refractivity contribution in [2.45, 2.75) is 26.3 Å². The van der Waals surface area contributed by atoms with E-state index in [1.54, 1.807) is 11.3 Å². The predicted octanol–water partition coefficient (Wildman–Crippen LogP) is 3.95. The number of nitrogens with zero attached hydrogens (tertiary/aromatic N) is 2. The Morgan fingerprint density at radius 3 is 2.91 bits per heavy atom. The molecule has 1 fully saturated rings. The van der Waals surface area contributed by atoms with Crippen molar-refractivity contribution >= 4 is 57.2 Å². The van der Waals surface area contributed by atoms with Gasteiger partial charge in [0.1, 0.15) is 0 Å². The molecule has 4 nitrogen and oxygen atoms in total. The van der Waals surface area contributed by atoms with Gasteiger partial charge < -0.3 is 15.0 Å². The van der Waals surface area contributed by atoms with Crippen LogP contribution in [0, 0.1) is 5.92 Å². The lowest BCUT2D eigenvalue weighted by molar-refractivity contribution is 0.115. The second-order valence-corrected chi connectivity index (χ2v) is 7.25. The zero-order chi connectivity index (χ0) is 15.1. The number of guanidine groups is 1. The zero-order valence-electron chi connectivity index (χ0n) is 13.2. The van der Waals surface area contributed by atoms with Crippen molar-refractivity contribution in [3.8, 4) is 0 Å². The van der Waals surface area contributed by atoms with E-state index in [0.29, 0.717) is 6.54 Å². The average Bonchev–Trinajstić information content (AvgIpc) is 3.20. The van der Waals surface area contributed by atoms with Crippen LogP contribution in [0.15, 0.2) is 20.9 Å². The maximum Gasteiger partial charge on any atom is 0.194 e. The van der Waals surface area contributed by atoms with Crippen molar-refractivity contribution in [1.29, 1.82) is 0 Å². The molecule has 2 rings (SSSR count). The van der Waals surface area contributed by atoms with Gasteiger partial charge in [-0.25, -0.2) is 4.99 Å². The van der Waals surface area contributed by atoms with E-state index in [4.69, 9.17) is 4.74 Å². The summed E-state index contributed by atoms with van der Waals surface area (Å²) in [7, 11) is 2.06. The van der Waals surface area contributed by atoms with Gasteiger partial charge in [-0.2, -0.15) is 0 Å². The number of likely N-dealkylation sites (N-methyl/N-ethyl adjacent to an activating group) is 1. The summed E-state index contributed by atoms with van der Waals surface area (Å²) >= 11 is 5.21. The van der Waals surface area contributed by atoms with Crippen LogP contribution >= 0.6 is 51.2 Å². The molecule has 1 saturated carbocycles. The van der Waals surface area contributed by atoms with E-state index in [-0.39, 0.29) is 24.0 Å². The number of hydrogen-bond donors (Lipinski definition) is 1. The summed E-state index contributed by atoms with van der Waals surface area (Å²) in [6, 6.07) is 2.12. The maximum absolute atomic E-state index is 5.69. The van der Waals surface area contributed by atoms with E-state index in [9.17, 15) is 0 Å². The minimum absolute atomic E-state index is 0. The number of nitrogens with one attached hydrogen (secondary N) is 1. The molecule has 0 amide bonds. The highest BCUT2D eigenvalue weighted by Crippen LogP contribution is 2.28. The second kappa shape index (κ2) is 10.8. The van der Waals surface area contributed by atoms with E-state index in [1.807, 2.05) is 0 Å². The quantitative estimate of drug-likeness (QED) is 0.253. The SMILES string of the molecule is CCNC(=NCc1cc(Br)cs1)N(C)CCOCC1CC1.I. The second-order valence-electron chi connectivity index (χ2n) is 5.34. The summed E-state index contributed by atoms with van der Waals surface area (Å²) in [6.45, 7) is 6.24. The molecule has 1 aliphatic carbocycles. The number of hydrogen-bond acceptors (Lipinski definition) is 3. The minimum atomic E-state index is 0. The third-order valence-electron chi connectivity index (χ3n) is 3.32. The van der Waals surface area contributed by atoms with Gasteiger partial charge >= 0.3 is 0 Å². The van der Waals surface area contributed by atoms with Gasteiger partial charge in [0.2, 0.25) is 0 Å². The number of aliphatic imine (C=N–C) groups is 1. The smallest absolute Gasteiger partial charge is 0.194 e. The van der Waals surface area contributed by atoms with Crippen molar-refractivity contribution in [1.82, 2.24) is 10.2 Å². The van der Waals surface area contributed by atoms with Crippen LogP contribution in [0.5, 0.6) is 0 Å². The predicted molar refractivity (Wildman–Crippen MR) is 108 cm³/mol. The molecule has 0 bridgehead atoms. The fourth-order valence-corrected chi connectivity index (χ4v) is 3.28.